The lowest BCUT2D eigenvalue weighted by molar-refractivity contribution is -0.127. The number of fused-ring (bicyclic) bond motifs is 1. The number of thiophene rings is 1. The molecule has 2 aromatic heterocycles. The summed E-state index contributed by atoms with van der Waals surface area (Å²) in [4.78, 5) is 22.7. The van der Waals surface area contributed by atoms with Gasteiger partial charge in [-0.25, -0.2) is 9.97 Å². The summed E-state index contributed by atoms with van der Waals surface area (Å²) in [6, 6.07) is 10.4. The highest BCUT2D eigenvalue weighted by molar-refractivity contribution is 8.00. The molecule has 24 heavy (non-hydrogen) atoms. The van der Waals surface area contributed by atoms with E-state index in [0.29, 0.717) is 12.3 Å². The van der Waals surface area contributed by atoms with Crippen molar-refractivity contribution in [3.05, 3.63) is 53.2 Å². The van der Waals surface area contributed by atoms with Crippen LogP contribution in [0.3, 0.4) is 0 Å². The molecule has 6 heteroatoms. The molecule has 4 nitrogen and oxygen atoms in total. The molecular weight excluding hydrogens is 338 g/mol. The van der Waals surface area contributed by atoms with Crippen molar-refractivity contribution in [2.75, 3.05) is 12.8 Å². The first-order valence-electron chi connectivity index (χ1n) is 7.80. The molecule has 3 rings (SSSR count). The van der Waals surface area contributed by atoms with Crippen molar-refractivity contribution in [3.63, 3.8) is 0 Å². The Morgan fingerprint density at radius 3 is 2.67 bits per heavy atom. The van der Waals surface area contributed by atoms with E-state index in [1.54, 1.807) is 22.6 Å². The Balaban J connectivity index is 1.58. The zero-order valence-electron chi connectivity index (χ0n) is 13.7. The van der Waals surface area contributed by atoms with E-state index >= 15 is 0 Å². The lowest BCUT2D eigenvalue weighted by Gasteiger charge is -2.17. The average molecular weight is 358 g/mol. The highest BCUT2D eigenvalue weighted by atomic mass is 32.2. The third-order valence-corrected chi connectivity index (χ3v) is 5.83. The molecule has 1 aromatic carbocycles. The van der Waals surface area contributed by atoms with Crippen LogP contribution < -0.4 is 0 Å². The molecule has 0 bridgehead atoms. The van der Waals surface area contributed by atoms with Crippen LogP contribution in [0.1, 0.15) is 18.1 Å². The number of aromatic nitrogens is 2. The van der Waals surface area contributed by atoms with Gasteiger partial charge >= 0.3 is 0 Å². The SMILES string of the molecule is CCc1ccc(CN(C)C(=O)CSc2ncnc3ccsc23)cc1. The van der Waals surface area contributed by atoms with Crippen LogP contribution >= 0.6 is 23.1 Å². The fourth-order valence-electron chi connectivity index (χ4n) is 2.35. The van der Waals surface area contributed by atoms with Gasteiger partial charge in [-0.15, -0.1) is 11.3 Å². The Morgan fingerprint density at radius 1 is 1.17 bits per heavy atom. The van der Waals surface area contributed by atoms with Crippen molar-refractivity contribution < 1.29 is 4.79 Å². The molecule has 0 radical (unpaired) electrons. The summed E-state index contributed by atoms with van der Waals surface area (Å²) in [7, 11) is 1.84. The number of hydrogen-bond acceptors (Lipinski definition) is 5. The van der Waals surface area contributed by atoms with E-state index in [1.165, 1.54) is 17.3 Å². The summed E-state index contributed by atoms with van der Waals surface area (Å²) < 4.78 is 1.05. The molecule has 3 aromatic rings. The fourth-order valence-corrected chi connectivity index (χ4v) is 4.24. The summed E-state index contributed by atoms with van der Waals surface area (Å²) in [5.74, 6) is 0.482. The van der Waals surface area contributed by atoms with Crippen molar-refractivity contribution in [1.29, 1.82) is 0 Å². The number of aryl methyl sites for hydroxylation is 1. The Labute approximate surface area is 149 Å². The van der Waals surface area contributed by atoms with Crippen LogP contribution in [0, 0.1) is 0 Å². The number of carbonyl (C=O) groups excluding carboxylic acids is 1. The number of amides is 1. The number of rotatable bonds is 6. The van der Waals surface area contributed by atoms with Gasteiger partial charge in [-0.1, -0.05) is 43.0 Å². The number of nitrogens with zero attached hydrogens (tertiary/aromatic N) is 3. The van der Waals surface area contributed by atoms with Crippen LogP contribution in [-0.4, -0.2) is 33.6 Å². The van der Waals surface area contributed by atoms with Crippen LogP contribution in [0.15, 0.2) is 47.1 Å². The predicted molar refractivity (Wildman–Crippen MR) is 100 cm³/mol. The van der Waals surface area contributed by atoms with E-state index in [2.05, 4.69) is 41.2 Å². The van der Waals surface area contributed by atoms with Crippen molar-refractivity contribution >= 4 is 39.2 Å². The Bertz CT molecular complexity index is 830. The molecule has 0 atom stereocenters. The third-order valence-electron chi connectivity index (χ3n) is 3.82. The van der Waals surface area contributed by atoms with Gasteiger partial charge in [0.25, 0.3) is 0 Å². The predicted octanol–water partition coefficient (Wildman–Crippen LogP) is 4.00. The number of thioether (sulfide) groups is 1. The van der Waals surface area contributed by atoms with E-state index in [1.807, 2.05) is 18.5 Å². The summed E-state index contributed by atoms with van der Waals surface area (Å²) >= 11 is 3.09. The van der Waals surface area contributed by atoms with E-state index in [0.717, 1.165) is 27.2 Å². The Kier molecular flexibility index (Phi) is 5.48. The lowest BCUT2D eigenvalue weighted by Crippen LogP contribution is -2.27. The maximum atomic E-state index is 12.4. The second kappa shape index (κ2) is 7.77. The smallest absolute Gasteiger partial charge is 0.233 e. The third kappa shape index (κ3) is 3.94. The maximum absolute atomic E-state index is 12.4. The summed E-state index contributed by atoms with van der Waals surface area (Å²) in [6.45, 7) is 2.77. The minimum Gasteiger partial charge on any atom is -0.341 e. The standard InChI is InChI=1S/C18H19N3OS2/c1-3-13-4-6-14(7-5-13)10-21(2)16(22)11-24-18-17-15(8-9-23-17)19-12-20-18/h4-9,12H,3,10-11H2,1-2H3. The van der Waals surface area contributed by atoms with Crippen molar-refractivity contribution in [1.82, 2.24) is 14.9 Å². The topological polar surface area (TPSA) is 46.1 Å². The molecule has 0 aliphatic rings. The molecule has 124 valence electrons. The van der Waals surface area contributed by atoms with Gasteiger partial charge in [0.2, 0.25) is 5.91 Å². The molecular formula is C18H19N3OS2. The summed E-state index contributed by atoms with van der Waals surface area (Å²) in [5, 5.41) is 2.88. The lowest BCUT2D eigenvalue weighted by atomic mass is 10.1. The van der Waals surface area contributed by atoms with Crippen LogP contribution in [0.5, 0.6) is 0 Å². The van der Waals surface area contributed by atoms with Gasteiger partial charge in [0.1, 0.15) is 11.4 Å². The molecule has 0 unspecified atom stereocenters. The van der Waals surface area contributed by atoms with E-state index in [4.69, 9.17) is 0 Å². The molecule has 2 heterocycles. The van der Waals surface area contributed by atoms with Gasteiger partial charge in [-0.2, -0.15) is 0 Å². The molecule has 0 saturated carbocycles. The van der Waals surface area contributed by atoms with Gasteiger partial charge in [0.15, 0.2) is 0 Å². The molecule has 0 saturated heterocycles. The Hall–Kier alpha value is -1.92. The van der Waals surface area contributed by atoms with Gasteiger partial charge in [-0.3, -0.25) is 4.79 Å². The average Bonchev–Trinajstić information content (AvgIpc) is 3.09. The highest BCUT2D eigenvalue weighted by Crippen LogP contribution is 2.28. The molecule has 0 aliphatic heterocycles. The van der Waals surface area contributed by atoms with Crippen molar-refractivity contribution in [3.8, 4) is 0 Å². The van der Waals surface area contributed by atoms with Gasteiger partial charge in [0.05, 0.1) is 16.0 Å². The highest BCUT2D eigenvalue weighted by Gasteiger charge is 2.12. The van der Waals surface area contributed by atoms with E-state index in [9.17, 15) is 4.79 Å². The van der Waals surface area contributed by atoms with Crippen LogP contribution in [0.4, 0.5) is 0 Å². The van der Waals surface area contributed by atoms with Gasteiger partial charge in [0, 0.05) is 13.6 Å². The van der Waals surface area contributed by atoms with Crippen LogP contribution in [0.2, 0.25) is 0 Å². The fraction of sp³-hybridized carbons (Fsp3) is 0.278. The number of hydrogen-bond donors (Lipinski definition) is 0. The number of carbonyl (C=O) groups is 1. The maximum Gasteiger partial charge on any atom is 0.233 e. The quantitative estimate of drug-likeness (QED) is 0.494. The molecule has 0 aliphatic carbocycles. The zero-order chi connectivity index (χ0) is 16.9. The zero-order valence-corrected chi connectivity index (χ0v) is 15.4. The first-order chi connectivity index (χ1) is 11.7. The molecule has 0 fully saturated rings. The summed E-state index contributed by atoms with van der Waals surface area (Å²) in [5.41, 5.74) is 3.40. The van der Waals surface area contributed by atoms with Crippen LogP contribution in [-0.2, 0) is 17.8 Å². The first kappa shape index (κ1) is 16.9. The minimum absolute atomic E-state index is 0.0999. The monoisotopic (exact) mass is 357 g/mol. The summed E-state index contributed by atoms with van der Waals surface area (Å²) in [6.07, 6.45) is 2.59. The Morgan fingerprint density at radius 2 is 1.92 bits per heavy atom. The van der Waals surface area contributed by atoms with E-state index in [-0.39, 0.29) is 5.91 Å². The van der Waals surface area contributed by atoms with Crippen LogP contribution in [0.25, 0.3) is 10.2 Å². The molecule has 0 spiro atoms. The minimum atomic E-state index is 0.0999. The first-order valence-corrected chi connectivity index (χ1v) is 9.66. The van der Waals surface area contributed by atoms with Gasteiger partial charge < -0.3 is 4.90 Å². The largest absolute Gasteiger partial charge is 0.341 e. The second-order valence-electron chi connectivity index (χ2n) is 5.52. The van der Waals surface area contributed by atoms with Crippen molar-refractivity contribution in [2.24, 2.45) is 0 Å². The molecule has 0 N–H and O–H groups in total. The second-order valence-corrected chi connectivity index (χ2v) is 7.40. The normalized spacial score (nSPS) is 10.9. The number of benzene rings is 1. The molecule has 1 amide bonds. The van der Waals surface area contributed by atoms with Crippen molar-refractivity contribution in [2.45, 2.75) is 24.9 Å². The van der Waals surface area contributed by atoms with E-state index < -0.39 is 0 Å². The van der Waals surface area contributed by atoms with Gasteiger partial charge in [-0.05, 0) is 29.0 Å².